The highest BCUT2D eigenvalue weighted by Crippen LogP contribution is 2.25. The van der Waals surface area contributed by atoms with Crippen LogP contribution in [0.1, 0.15) is 39.0 Å². The lowest BCUT2D eigenvalue weighted by molar-refractivity contribution is -0.143. The summed E-state index contributed by atoms with van der Waals surface area (Å²) in [5.41, 5.74) is 0. The molecular weight excluding hydrogens is 294 g/mol. The van der Waals surface area contributed by atoms with Crippen LogP contribution in [-0.2, 0) is 14.4 Å². The topological polar surface area (TPSA) is 69.7 Å². The molecule has 3 saturated heterocycles. The second-order valence-corrected chi connectivity index (χ2v) is 7.34. The molecule has 0 bridgehead atoms. The Morgan fingerprint density at radius 3 is 2.30 bits per heavy atom. The molecule has 3 rings (SSSR count). The molecule has 3 aliphatic heterocycles. The summed E-state index contributed by atoms with van der Waals surface area (Å²) in [5, 5.41) is 2.72. The van der Waals surface area contributed by atoms with Gasteiger partial charge in [0.25, 0.3) is 0 Å². The third kappa shape index (κ3) is 3.67. The summed E-state index contributed by atoms with van der Waals surface area (Å²) >= 11 is 0. The van der Waals surface area contributed by atoms with Gasteiger partial charge in [0.2, 0.25) is 17.7 Å². The van der Waals surface area contributed by atoms with Gasteiger partial charge in [0.15, 0.2) is 0 Å². The molecular formula is C17H27N3O3. The van der Waals surface area contributed by atoms with E-state index < -0.39 is 0 Å². The van der Waals surface area contributed by atoms with Gasteiger partial charge in [0.05, 0.1) is 5.92 Å². The van der Waals surface area contributed by atoms with Crippen molar-refractivity contribution in [3.63, 3.8) is 0 Å². The highest BCUT2D eigenvalue weighted by Gasteiger charge is 2.35. The molecule has 3 fully saturated rings. The summed E-state index contributed by atoms with van der Waals surface area (Å²) in [7, 11) is 0. The lowest BCUT2D eigenvalue weighted by atomic mass is 9.92. The highest BCUT2D eigenvalue weighted by atomic mass is 16.2. The van der Waals surface area contributed by atoms with E-state index >= 15 is 0 Å². The minimum atomic E-state index is -0.210. The number of amides is 3. The third-order valence-electron chi connectivity index (χ3n) is 5.45. The van der Waals surface area contributed by atoms with Crippen LogP contribution in [0.15, 0.2) is 0 Å². The highest BCUT2D eigenvalue weighted by molar-refractivity contribution is 5.89. The molecule has 6 heteroatoms. The van der Waals surface area contributed by atoms with Crippen LogP contribution in [0.3, 0.4) is 0 Å². The molecule has 2 atom stereocenters. The molecule has 6 nitrogen and oxygen atoms in total. The first kappa shape index (κ1) is 16.3. The molecule has 0 aromatic heterocycles. The summed E-state index contributed by atoms with van der Waals surface area (Å²) < 4.78 is 0. The molecule has 128 valence electrons. The van der Waals surface area contributed by atoms with Gasteiger partial charge >= 0.3 is 0 Å². The van der Waals surface area contributed by atoms with E-state index in [1.807, 2.05) is 9.80 Å². The molecule has 3 heterocycles. The number of rotatable bonds is 2. The van der Waals surface area contributed by atoms with Crippen LogP contribution >= 0.6 is 0 Å². The van der Waals surface area contributed by atoms with Gasteiger partial charge in [-0.1, -0.05) is 6.92 Å². The molecule has 3 amide bonds. The van der Waals surface area contributed by atoms with Crippen LogP contribution < -0.4 is 5.32 Å². The van der Waals surface area contributed by atoms with Crippen molar-refractivity contribution < 1.29 is 14.4 Å². The number of carbonyl (C=O) groups excluding carboxylic acids is 3. The monoisotopic (exact) mass is 321 g/mol. The first-order valence-electron chi connectivity index (χ1n) is 8.89. The van der Waals surface area contributed by atoms with Gasteiger partial charge in [-0.3, -0.25) is 14.4 Å². The first-order chi connectivity index (χ1) is 11.0. The van der Waals surface area contributed by atoms with Crippen LogP contribution in [0.4, 0.5) is 0 Å². The number of likely N-dealkylation sites (tertiary alicyclic amines) is 2. The zero-order valence-electron chi connectivity index (χ0n) is 13.9. The zero-order chi connectivity index (χ0) is 16.4. The Hall–Kier alpha value is -1.59. The Kier molecular flexibility index (Phi) is 4.87. The quantitative estimate of drug-likeness (QED) is 0.810. The third-order valence-corrected chi connectivity index (χ3v) is 5.45. The van der Waals surface area contributed by atoms with Crippen LogP contribution in [0.25, 0.3) is 0 Å². The van der Waals surface area contributed by atoms with E-state index in [9.17, 15) is 14.4 Å². The summed E-state index contributed by atoms with van der Waals surface area (Å²) in [6, 6.07) is 0. The fourth-order valence-corrected chi connectivity index (χ4v) is 4.03. The standard InChI is InChI=1S/C17H27N3O3/c1-12-3-2-6-20(11-12)16(22)13-4-7-19(8-5-13)17(23)14-9-15(21)18-10-14/h12-14H,2-11H2,1H3,(H,18,21). The molecule has 0 saturated carbocycles. The second kappa shape index (κ2) is 6.89. The lowest BCUT2D eigenvalue weighted by Gasteiger charge is -2.37. The van der Waals surface area contributed by atoms with Crippen molar-refractivity contribution in [2.45, 2.75) is 39.0 Å². The Balaban J connectivity index is 1.49. The Bertz CT molecular complexity index is 485. The maximum atomic E-state index is 12.6. The van der Waals surface area contributed by atoms with Gasteiger partial charge < -0.3 is 15.1 Å². The minimum Gasteiger partial charge on any atom is -0.355 e. The van der Waals surface area contributed by atoms with Crippen molar-refractivity contribution >= 4 is 17.7 Å². The zero-order valence-corrected chi connectivity index (χ0v) is 13.9. The Morgan fingerprint density at radius 1 is 1.00 bits per heavy atom. The molecule has 2 unspecified atom stereocenters. The number of hydrogen-bond acceptors (Lipinski definition) is 3. The van der Waals surface area contributed by atoms with Crippen LogP contribution in [0.5, 0.6) is 0 Å². The molecule has 23 heavy (non-hydrogen) atoms. The fraction of sp³-hybridized carbons (Fsp3) is 0.824. The molecule has 0 spiro atoms. The van der Waals surface area contributed by atoms with E-state index in [0.717, 1.165) is 32.4 Å². The Labute approximate surface area is 137 Å². The van der Waals surface area contributed by atoms with E-state index in [0.29, 0.717) is 32.0 Å². The van der Waals surface area contributed by atoms with Gasteiger partial charge in [-0.05, 0) is 31.6 Å². The molecule has 0 radical (unpaired) electrons. The van der Waals surface area contributed by atoms with E-state index in [2.05, 4.69) is 12.2 Å². The number of piperidine rings is 2. The van der Waals surface area contributed by atoms with Crippen molar-refractivity contribution in [1.82, 2.24) is 15.1 Å². The maximum Gasteiger partial charge on any atom is 0.227 e. The van der Waals surface area contributed by atoms with Gasteiger partial charge in [0, 0.05) is 45.1 Å². The number of carbonyl (C=O) groups is 3. The summed E-state index contributed by atoms with van der Waals surface area (Å²) in [5.74, 6) is 0.766. The van der Waals surface area contributed by atoms with Crippen LogP contribution in [0, 0.1) is 17.8 Å². The minimum absolute atomic E-state index is 0.0346. The lowest BCUT2D eigenvalue weighted by Crippen LogP contribution is -2.48. The molecule has 0 aliphatic carbocycles. The van der Waals surface area contributed by atoms with Crippen LogP contribution in [-0.4, -0.2) is 60.2 Å². The van der Waals surface area contributed by atoms with E-state index in [1.165, 1.54) is 6.42 Å². The number of hydrogen-bond donors (Lipinski definition) is 1. The van der Waals surface area contributed by atoms with Gasteiger partial charge in [-0.2, -0.15) is 0 Å². The van der Waals surface area contributed by atoms with Crippen molar-refractivity contribution in [3.8, 4) is 0 Å². The van der Waals surface area contributed by atoms with Crippen molar-refractivity contribution in [3.05, 3.63) is 0 Å². The number of nitrogens with zero attached hydrogens (tertiary/aromatic N) is 2. The second-order valence-electron chi connectivity index (χ2n) is 7.34. The predicted molar refractivity (Wildman–Crippen MR) is 85.4 cm³/mol. The number of nitrogens with one attached hydrogen (secondary N) is 1. The summed E-state index contributed by atoms with van der Waals surface area (Å²) in [6.45, 7) is 5.72. The summed E-state index contributed by atoms with van der Waals surface area (Å²) in [6.07, 6.45) is 4.13. The normalized spacial score (nSPS) is 29.5. The average molecular weight is 321 g/mol. The van der Waals surface area contributed by atoms with E-state index in [4.69, 9.17) is 0 Å². The predicted octanol–water partition coefficient (Wildman–Crippen LogP) is 0.620. The fourth-order valence-electron chi connectivity index (χ4n) is 4.03. The molecule has 0 aromatic carbocycles. The average Bonchev–Trinajstić information content (AvgIpc) is 3.00. The van der Waals surface area contributed by atoms with Crippen molar-refractivity contribution in [2.24, 2.45) is 17.8 Å². The molecule has 0 aromatic rings. The van der Waals surface area contributed by atoms with Gasteiger partial charge in [-0.25, -0.2) is 0 Å². The van der Waals surface area contributed by atoms with Crippen molar-refractivity contribution in [1.29, 1.82) is 0 Å². The molecule has 1 N–H and O–H groups in total. The van der Waals surface area contributed by atoms with Crippen LogP contribution in [0.2, 0.25) is 0 Å². The molecule has 3 aliphatic rings. The summed E-state index contributed by atoms with van der Waals surface area (Å²) in [4.78, 5) is 40.2. The van der Waals surface area contributed by atoms with E-state index in [-0.39, 0.29) is 29.6 Å². The maximum absolute atomic E-state index is 12.6. The van der Waals surface area contributed by atoms with E-state index in [1.54, 1.807) is 0 Å². The van der Waals surface area contributed by atoms with Gasteiger partial charge in [-0.15, -0.1) is 0 Å². The largest absolute Gasteiger partial charge is 0.355 e. The SMILES string of the molecule is CC1CCCN(C(=O)C2CCN(C(=O)C3CNC(=O)C3)CC2)C1. The first-order valence-corrected chi connectivity index (χ1v) is 8.89. The smallest absolute Gasteiger partial charge is 0.227 e. The van der Waals surface area contributed by atoms with Crippen molar-refractivity contribution in [2.75, 3.05) is 32.7 Å². The Morgan fingerprint density at radius 2 is 1.70 bits per heavy atom. The van der Waals surface area contributed by atoms with Gasteiger partial charge in [0.1, 0.15) is 0 Å².